The molecule has 2 aromatic rings. The van der Waals surface area contributed by atoms with Crippen LogP contribution in [0.2, 0.25) is 0 Å². The van der Waals surface area contributed by atoms with Gasteiger partial charge in [-0.1, -0.05) is 18.2 Å². The summed E-state index contributed by atoms with van der Waals surface area (Å²) in [6, 6.07) is 8.94. The van der Waals surface area contributed by atoms with Crippen LogP contribution in [-0.2, 0) is 16.0 Å². The first-order valence-corrected chi connectivity index (χ1v) is 14.8. The van der Waals surface area contributed by atoms with Crippen molar-refractivity contribution >= 4 is 30.1 Å². The molecule has 0 aliphatic carbocycles. The smallest absolute Gasteiger partial charge is 0.464 e. The van der Waals surface area contributed by atoms with Crippen molar-refractivity contribution in [3.63, 3.8) is 0 Å². The van der Waals surface area contributed by atoms with Gasteiger partial charge in [0.05, 0.1) is 30.9 Å². The van der Waals surface area contributed by atoms with Crippen molar-refractivity contribution in [1.29, 1.82) is 5.26 Å². The predicted molar refractivity (Wildman–Crippen MR) is 156 cm³/mol. The van der Waals surface area contributed by atoms with Crippen LogP contribution in [0.25, 0.3) is 11.0 Å². The Bertz CT molecular complexity index is 1330. The third-order valence-corrected chi connectivity index (χ3v) is 8.71. The second-order valence-electron chi connectivity index (χ2n) is 12.7. The minimum absolute atomic E-state index is 0.0642. The van der Waals surface area contributed by atoms with Crippen LogP contribution in [0.5, 0.6) is 0 Å². The molecule has 0 bridgehead atoms. The van der Waals surface area contributed by atoms with Crippen LogP contribution < -0.4 is 5.32 Å². The van der Waals surface area contributed by atoms with Gasteiger partial charge in [-0.3, -0.25) is 9.69 Å². The standard InChI is InChI=1S/C30H41BF2N4O6/c1-28(2,36-13-8-12-30(32,33)20-36)18-29(3,19-34)26(38)37-14-7-6-9-22(37)17-43-27(39)35-25(31(40)41)15-21-16-42-24-11-5-4-10-23(21)24/h4-5,10-11,16,22,25,40-41H,6-9,12-15,17-18,20H2,1-3H3,(H,35,39)/t22-,25+,29?/m1/s1. The molecule has 0 saturated carbocycles. The van der Waals surface area contributed by atoms with E-state index >= 15 is 0 Å². The summed E-state index contributed by atoms with van der Waals surface area (Å²) in [7, 11) is -1.87. The normalized spacial score (nSPS) is 21.4. The zero-order valence-electron chi connectivity index (χ0n) is 25.0. The lowest BCUT2D eigenvalue weighted by Gasteiger charge is -2.47. The second-order valence-corrected chi connectivity index (χ2v) is 12.7. The number of rotatable bonds is 10. The molecule has 10 nitrogen and oxygen atoms in total. The number of nitrogens with one attached hydrogen (secondary N) is 1. The molecule has 1 aromatic heterocycles. The van der Waals surface area contributed by atoms with Crippen molar-refractivity contribution in [3.8, 4) is 6.07 Å². The van der Waals surface area contributed by atoms with Crippen LogP contribution in [0.3, 0.4) is 0 Å². The van der Waals surface area contributed by atoms with Gasteiger partial charge in [0.15, 0.2) is 0 Å². The van der Waals surface area contributed by atoms with E-state index in [0.29, 0.717) is 37.1 Å². The molecule has 2 amide bonds. The van der Waals surface area contributed by atoms with E-state index in [4.69, 9.17) is 9.15 Å². The number of likely N-dealkylation sites (tertiary alicyclic amines) is 2. The Hall–Kier alpha value is -3.21. The lowest BCUT2D eigenvalue weighted by atomic mass is 9.76. The fourth-order valence-corrected chi connectivity index (χ4v) is 6.40. The van der Waals surface area contributed by atoms with E-state index < -0.39 is 54.5 Å². The number of nitrogens with zero attached hydrogens (tertiary/aromatic N) is 3. The number of furan rings is 1. The van der Waals surface area contributed by atoms with Crippen molar-refractivity contribution in [2.75, 3.05) is 26.2 Å². The molecule has 2 saturated heterocycles. The minimum atomic E-state index is -2.81. The Balaban J connectivity index is 1.38. The molecule has 43 heavy (non-hydrogen) atoms. The highest BCUT2D eigenvalue weighted by atomic mass is 19.3. The molecule has 0 spiro atoms. The lowest BCUT2D eigenvalue weighted by molar-refractivity contribution is -0.146. The molecule has 3 atom stereocenters. The third kappa shape index (κ3) is 7.85. The van der Waals surface area contributed by atoms with Crippen LogP contribution in [-0.4, -0.2) is 88.7 Å². The van der Waals surface area contributed by atoms with E-state index in [-0.39, 0.29) is 25.9 Å². The SMILES string of the molecule is CC(C#N)(CC(C)(C)N1CCCC(F)(F)C1)C(=O)N1CCCC[C@@H]1COC(=O)N[C@@H](Cc1coc2ccccc12)B(O)O. The molecule has 2 fully saturated rings. The first-order chi connectivity index (χ1) is 20.2. The monoisotopic (exact) mass is 602 g/mol. The third-order valence-electron chi connectivity index (χ3n) is 8.71. The van der Waals surface area contributed by atoms with E-state index in [1.54, 1.807) is 36.6 Å². The van der Waals surface area contributed by atoms with Gasteiger partial charge in [-0.25, -0.2) is 13.6 Å². The van der Waals surface area contributed by atoms with Gasteiger partial charge in [-0.05, 0) is 77.5 Å². The van der Waals surface area contributed by atoms with E-state index in [1.807, 2.05) is 18.2 Å². The van der Waals surface area contributed by atoms with E-state index in [0.717, 1.165) is 18.2 Å². The molecular formula is C30H41BF2N4O6. The Kier molecular flexibility index (Phi) is 10.0. The maximum Gasteiger partial charge on any atom is 0.475 e. The van der Waals surface area contributed by atoms with E-state index in [9.17, 15) is 33.7 Å². The maximum absolute atomic E-state index is 14.2. The van der Waals surface area contributed by atoms with Crippen molar-refractivity contribution < 1.29 is 37.6 Å². The molecule has 1 unspecified atom stereocenters. The molecule has 3 heterocycles. The van der Waals surface area contributed by atoms with Crippen LogP contribution in [0, 0.1) is 16.7 Å². The Morgan fingerprint density at radius 2 is 1.98 bits per heavy atom. The highest BCUT2D eigenvalue weighted by molar-refractivity contribution is 6.43. The number of carbonyl (C=O) groups excluding carboxylic acids is 2. The quantitative estimate of drug-likeness (QED) is 0.348. The van der Waals surface area contributed by atoms with Crippen LogP contribution >= 0.6 is 0 Å². The van der Waals surface area contributed by atoms with E-state index in [1.165, 1.54) is 6.26 Å². The number of para-hydroxylation sites is 1. The van der Waals surface area contributed by atoms with Crippen molar-refractivity contribution in [2.24, 2.45) is 5.41 Å². The average Bonchev–Trinajstić information content (AvgIpc) is 3.37. The first-order valence-electron chi connectivity index (χ1n) is 14.8. The molecular weight excluding hydrogens is 561 g/mol. The first kappa shape index (κ1) is 32.7. The molecule has 3 N–H and O–H groups in total. The fraction of sp³-hybridized carbons (Fsp3) is 0.633. The number of benzene rings is 1. The molecule has 0 radical (unpaired) electrons. The number of hydrogen-bond donors (Lipinski definition) is 3. The summed E-state index contributed by atoms with van der Waals surface area (Å²) in [5.41, 5.74) is -0.986. The molecule has 13 heteroatoms. The number of ether oxygens (including phenoxy) is 1. The summed E-state index contributed by atoms with van der Waals surface area (Å²) in [5.74, 6) is -4.31. The number of alkyl halides is 2. The van der Waals surface area contributed by atoms with Gasteiger partial charge in [0.25, 0.3) is 5.92 Å². The number of alkyl carbamates (subject to hydrolysis) is 1. The molecule has 2 aliphatic rings. The number of nitriles is 1. The van der Waals surface area contributed by atoms with Crippen molar-refractivity contribution in [2.45, 2.75) is 89.2 Å². The van der Waals surface area contributed by atoms with Gasteiger partial charge in [-0.2, -0.15) is 5.26 Å². The summed E-state index contributed by atoms with van der Waals surface area (Å²) < 4.78 is 39.3. The molecule has 1 aromatic carbocycles. The summed E-state index contributed by atoms with van der Waals surface area (Å²) in [5, 5.41) is 33.3. The molecule has 2 aliphatic heterocycles. The van der Waals surface area contributed by atoms with Crippen LogP contribution in [0.1, 0.15) is 64.9 Å². The minimum Gasteiger partial charge on any atom is -0.464 e. The number of hydrogen-bond acceptors (Lipinski definition) is 8. The lowest BCUT2D eigenvalue weighted by Crippen LogP contribution is -2.57. The highest BCUT2D eigenvalue weighted by Crippen LogP contribution is 2.38. The Labute approximate surface area is 251 Å². The van der Waals surface area contributed by atoms with E-state index in [2.05, 4.69) is 11.4 Å². The maximum atomic E-state index is 14.2. The topological polar surface area (TPSA) is 139 Å². The summed E-state index contributed by atoms with van der Waals surface area (Å²) in [6.07, 6.45) is 3.00. The van der Waals surface area contributed by atoms with Gasteiger partial charge in [0.1, 0.15) is 17.6 Å². The Morgan fingerprint density at radius 3 is 2.67 bits per heavy atom. The highest BCUT2D eigenvalue weighted by Gasteiger charge is 2.48. The van der Waals surface area contributed by atoms with Gasteiger partial charge in [0, 0.05) is 23.9 Å². The summed E-state index contributed by atoms with van der Waals surface area (Å²) in [6.45, 7) is 5.40. The predicted octanol–water partition coefficient (Wildman–Crippen LogP) is 3.89. The number of amides is 2. The molecule has 234 valence electrons. The van der Waals surface area contributed by atoms with Gasteiger partial charge in [0.2, 0.25) is 5.91 Å². The Morgan fingerprint density at radius 1 is 1.23 bits per heavy atom. The zero-order valence-corrected chi connectivity index (χ0v) is 25.0. The number of carbonyl (C=O) groups is 2. The summed E-state index contributed by atoms with van der Waals surface area (Å²) in [4.78, 5) is 29.8. The number of halogens is 2. The second kappa shape index (κ2) is 13.2. The number of piperidine rings is 2. The molecule has 4 rings (SSSR count). The van der Waals surface area contributed by atoms with Crippen LogP contribution in [0.4, 0.5) is 13.6 Å². The van der Waals surface area contributed by atoms with Gasteiger partial charge in [-0.15, -0.1) is 0 Å². The fourth-order valence-electron chi connectivity index (χ4n) is 6.40. The largest absolute Gasteiger partial charge is 0.475 e. The van der Waals surface area contributed by atoms with Crippen LogP contribution in [0.15, 0.2) is 34.9 Å². The summed E-state index contributed by atoms with van der Waals surface area (Å²) >= 11 is 0. The number of fused-ring (bicyclic) bond motifs is 1. The zero-order chi connectivity index (χ0) is 31.4. The van der Waals surface area contributed by atoms with Crippen molar-refractivity contribution in [1.82, 2.24) is 15.1 Å². The van der Waals surface area contributed by atoms with Gasteiger partial charge < -0.3 is 29.4 Å². The van der Waals surface area contributed by atoms with Crippen molar-refractivity contribution in [3.05, 3.63) is 36.1 Å². The average molecular weight is 602 g/mol. The van der Waals surface area contributed by atoms with Gasteiger partial charge >= 0.3 is 13.2 Å².